The second-order valence-electron chi connectivity index (χ2n) is 3.96. The summed E-state index contributed by atoms with van der Waals surface area (Å²) >= 11 is 0. The van der Waals surface area contributed by atoms with E-state index in [1.807, 2.05) is 0 Å². The molecule has 0 unspecified atom stereocenters. The number of benzene rings is 1. The second kappa shape index (κ2) is 3.65. The van der Waals surface area contributed by atoms with Crippen LogP contribution in [0.25, 0.3) is 0 Å². The molecule has 0 bridgehead atoms. The number of nitrogens with one attached hydrogen (secondary N) is 1. The molecule has 1 fully saturated rings. The largest absolute Gasteiger partial charge is 0.346 e. The van der Waals surface area contributed by atoms with Crippen molar-refractivity contribution in [3.63, 3.8) is 0 Å². The van der Waals surface area contributed by atoms with Gasteiger partial charge in [-0.15, -0.1) is 0 Å². The van der Waals surface area contributed by atoms with Crippen molar-refractivity contribution in [3.05, 3.63) is 35.6 Å². The first-order chi connectivity index (χ1) is 7.18. The van der Waals surface area contributed by atoms with Crippen LogP contribution in [0, 0.1) is 5.82 Å². The van der Waals surface area contributed by atoms with E-state index in [1.54, 1.807) is 25.1 Å². The molecule has 1 aromatic carbocycles. The third kappa shape index (κ3) is 1.87. The normalized spacial score (nSPS) is 17.2. The molecule has 1 aliphatic carbocycles. The minimum absolute atomic E-state index is 0.0178. The van der Waals surface area contributed by atoms with Crippen LogP contribution in [-0.2, 0) is 10.3 Å². The van der Waals surface area contributed by atoms with Gasteiger partial charge in [-0.25, -0.2) is 4.39 Å². The summed E-state index contributed by atoms with van der Waals surface area (Å²) < 4.78 is 13.5. The zero-order valence-corrected chi connectivity index (χ0v) is 8.72. The van der Waals surface area contributed by atoms with Gasteiger partial charge in [-0.05, 0) is 18.9 Å². The molecule has 0 radical (unpaired) electrons. The quantitative estimate of drug-likeness (QED) is 0.809. The molecule has 1 saturated carbocycles. The van der Waals surface area contributed by atoms with E-state index in [0.29, 0.717) is 12.0 Å². The average molecular weight is 207 g/mol. The lowest BCUT2D eigenvalue weighted by atomic mass is 10.0. The van der Waals surface area contributed by atoms with Gasteiger partial charge in [-0.1, -0.05) is 25.1 Å². The van der Waals surface area contributed by atoms with E-state index in [1.165, 1.54) is 6.07 Å². The van der Waals surface area contributed by atoms with Crippen molar-refractivity contribution in [1.29, 1.82) is 0 Å². The Morgan fingerprint density at radius 1 is 1.47 bits per heavy atom. The molecule has 2 nitrogen and oxygen atoms in total. The summed E-state index contributed by atoms with van der Waals surface area (Å²) in [6.45, 7) is 1.80. The zero-order valence-electron chi connectivity index (χ0n) is 8.72. The van der Waals surface area contributed by atoms with Crippen LogP contribution in [0.15, 0.2) is 24.3 Å². The standard InChI is InChI=1S/C12H14FNO/c1-2-11(15)14-12(7-8-12)9-5-3-4-6-10(9)13/h3-6H,2,7-8H2,1H3,(H,14,15). The van der Waals surface area contributed by atoms with Gasteiger partial charge >= 0.3 is 0 Å². The monoisotopic (exact) mass is 207 g/mol. The van der Waals surface area contributed by atoms with Crippen molar-refractivity contribution >= 4 is 5.91 Å². The Hall–Kier alpha value is -1.38. The van der Waals surface area contributed by atoms with Crippen LogP contribution < -0.4 is 5.32 Å². The Balaban J connectivity index is 2.23. The van der Waals surface area contributed by atoms with Crippen LogP contribution in [0.2, 0.25) is 0 Å². The minimum Gasteiger partial charge on any atom is -0.346 e. The van der Waals surface area contributed by atoms with E-state index in [-0.39, 0.29) is 11.7 Å². The molecule has 0 aliphatic heterocycles. The van der Waals surface area contributed by atoms with E-state index in [0.717, 1.165) is 12.8 Å². The Morgan fingerprint density at radius 3 is 2.67 bits per heavy atom. The fourth-order valence-corrected chi connectivity index (χ4v) is 1.79. The van der Waals surface area contributed by atoms with E-state index >= 15 is 0 Å². The van der Waals surface area contributed by atoms with Gasteiger partial charge in [0.25, 0.3) is 0 Å². The van der Waals surface area contributed by atoms with Crippen LogP contribution in [0.4, 0.5) is 4.39 Å². The summed E-state index contributed by atoms with van der Waals surface area (Å²) in [5.41, 5.74) is 0.199. The first-order valence-corrected chi connectivity index (χ1v) is 5.24. The van der Waals surface area contributed by atoms with Crippen molar-refractivity contribution in [1.82, 2.24) is 5.32 Å². The average Bonchev–Trinajstić information content (AvgIpc) is 2.99. The second-order valence-corrected chi connectivity index (χ2v) is 3.96. The van der Waals surface area contributed by atoms with Crippen molar-refractivity contribution in [2.75, 3.05) is 0 Å². The molecule has 0 atom stereocenters. The molecule has 1 amide bonds. The number of halogens is 1. The van der Waals surface area contributed by atoms with Crippen LogP contribution >= 0.6 is 0 Å². The van der Waals surface area contributed by atoms with Crippen LogP contribution in [0.1, 0.15) is 31.7 Å². The third-order valence-electron chi connectivity index (χ3n) is 2.84. The molecule has 0 spiro atoms. The van der Waals surface area contributed by atoms with Gasteiger partial charge in [-0.2, -0.15) is 0 Å². The first-order valence-electron chi connectivity index (χ1n) is 5.24. The number of rotatable bonds is 3. The third-order valence-corrected chi connectivity index (χ3v) is 2.84. The Morgan fingerprint density at radius 2 is 2.13 bits per heavy atom. The highest BCUT2D eigenvalue weighted by molar-refractivity contribution is 5.77. The molecule has 3 heteroatoms. The Labute approximate surface area is 88.5 Å². The van der Waals surface area contributed by atoms with Gasteiger partial charge < -0.3 is 5.32 Å². The molecule has 1 N–H and O–H groups in total. The highest BCUT2D eigenvalue weighted by atomic mass is 19.1. The molecular weight excluding hydrogens is 193 g/mol. The van der Waals surface area contributed by atoms with Crippen molar-refractivity contribution in [2.24, 2.45) is 0 Å². The summed E-state index contributed by atoms with van der Waals surface area (Å²) in [6, 6.07) is 6.65. The maximum absolute atomic E-state index is 13.5. The molecule has 2 rings (SSSR count). The number of hydrogen-bond acceptors (Lipinski definition) is 1. The smallest absolute Gasteiger partial charge is 0.220 e. The molecule has 1 aliphatic rings. The lowest BCUT2D eigenvalue weighted by Crippen LogP contribution is -2.34. The SMILES string of the molecule is CCC(=O)NC1(c2ccccc2F)CC1. The van der Waals surface area contributed by atoms with Gasteiger partial charge in [0.1, 0.15) is 5.82 Å². The lowest BCUT2D eigenvalue weighted by Gasteiger charge is -2.18. The molecular formula is C12H14FNO. The van der Waals surface area contributed by atoms with Gasteiger partial charge in [0, 0.05) is 12.0 Å². The predicted octanol–water partition coefficient (Wildman–Crippen LogP) is 2.34. The predicted molar refractivity (Wildman–Crippen MR) is 55.7 cm³/mol. The minimum atomic E-state index is -0.418. The molecule has 0 heterocycles. The topological polar surface area (TPSA) is 29.1 Å². The maximum atomic E-state index is 13.5. The van der Waals surface area contributed by atoms with Crippen molar-refractivity contribution in [2.45, 2.75) is 31.7 Å². The van der Waals surface area contributed by atoms with E-state index in [4.69, 9.17) is 0 Å². The van der Waals surface area contributed by atoms with Gasteiger partial charge in [-0.3, -0.25) is 4.79 Å². The molecule has 1 aromatic rings. The summed E-state index contributed by atoms with van der Waals surface area (Å²) in [6.07, 6.45) is 2.11. The fourth-order valence-electron chi connectivity index (χ4n) is 1.79. The van der Waals surface area contributed by atoms with E-state index < -0.39 is 5.54 Å². The van der Waals surface area contributed by atoms with Crippen molar-refractivity contribution < 1.29 is 9.18 Å². The number of amides is 1. The zero-order chi connectivity index (χ0) is 10.9. The first kappa shape index (κ1) is 10.1. The Kier molecular flexibility index (Phi) is 2.47. The van der Waals surface area contributed by atoms with Crippen LogP contribution in [0.3, 0.4) is 0 Å². The van der Waals surface area contributed by atoms with Crippen LogP contribution in [-0.4, -0.2) is 5.91 Å². The lowest BCUT2D eigenvalue weighted by molar-refractivity contribution is -0.121. The summed E-state index contributed by atoms with van der Waals surface area (Å²) in [4.78, 5) is 11.3. The van der Waals surface area contributed by atoms with Crippen LogP contribution in [0.5, 0.6) is 0 Å². The van der Waals surface area contributed by atoms with E-state index in [9.17, 15) is 9.18 Å². The fraction of sp³-hybridized carbons (Fsp3) is 0.417. The summed E-state index contributed by atoms with van der Waals surface area (Å²) in [5.74, 6) is -0.248. The molecule has 0 aromatic heterocycles. The molecule has 0 saturated heterocycles. The highest BCUT2D eigenvalue weighted by Crippen LogP contribution is 2.46. The summed E-state index contributed by atoms with van der Waals surface area (Å²) in [5, 5.41) is 2.90. The molecule has 80 valence electrons. The summed E-state index contributed by atoms with van der Waals surface area (Å²) in [7, 11) is 0. The van der Waals surface area contributed by atoms with Crippen molar-refractivity contribution in [3.8, 4) is 0 Å². The maximum Gasteiger partial charge on any atom is 0.220 e. The Bertz CT molecular complexity index is 385. The molecule has 15 heavy (non-hydrogen) atoms. The van der Waals surface area contributed by atoms with E-state index in [2.05, 4.69) is 5.32 Å². The van der Waals surface area contributed by atoms with Gasteiger partial charge in [0.15, 0.2) is 0 Å². The van der Waals surface area contributed by atoms with Gasteiger partial charge in [0.2, 0.25) is 5.91 Å². The van der Waals surface area contributed by atoms with Gasteiger partial charge in [0.05, 0.1) is 5.54 Å². The number of carbonyl (C=O) groups is 1. The highest BCUT2D eigenvalue weighted by Gasteiger charge is 2.46. The number of hydrogen-bond donors (Lipinski definition) is 1. The number of carbonyl (C=O) groups excluding carboxylic acids is 1.